The summed E-state index contributed by atoms with van der Waals surface area (Å²) in [6.45, 7) is 2.32. The first-order valence-electron chi connectivity index (χ1n) is 10.6. The molecule has 2 amide bonds. The summed E-state index contributed by atoms with van der Waals surface area (Å²) in [7, 11) is 0. The highest BCUT2D eigenvalue weighted by molar-refractivity contribution is 6.31. The van der Waals surface area contributed by atoms with Gasteiger partial charge in [-0.1, -0.05) is 73.1 Å². The smallest absolute Gasteiger partial charge is 0.240 e. The van der Waals surface area contributed by atoms with E-state index in [0.29, 0.717) is 28.7 Å². The number of nitrogens with zero attached hydrogens (tertiary/aromatic N) is 2. The van der Waals surface area contributed by atoms with Crippen molar-refractivity contribution in [3.05, 3.63) is 94.5 Å². The molecule has 3 aromatic carbocycles. The van der Waals surface area contributed by atoms with Gasteiger partial charge in [-0.25, -0.2) is 0 Å². The lowest BCUT2D eigenvalue weighted by atomic mass is 10.0. The highest BCUT2D eigenvalue weighted by Gasteiger charge is 2.26. The number of nitrogens with one attached hydrogen (secondary N) is 1. The minimum absolute atomic E-state index is 0.0854. The molecule has 1 aliphatic rings. The number of halogens is 1. The normalized spacial score (nSPS) is 13.2. The van der Waals surface area contributed by atoms with Crippen molar-refractivity contribution in [1.29, 1.82) is 0 Å². The van der Waals surface area contributed by atoms with Gasteiger partial charge in [0.15, 0.2) is 0 Å². The van der Waals surface area contributed by atoms with Gasteiger partial charge in [0, 0.05) is 11.6 Å². The molecule has 0 radical (unpaired) electrons. The SMILES string of the molecule is CCc1ccc(C2=Nc3ccccc3N(CC(=O)NCc3ccccc3Cl)C(=O)C2)cc1. The highest BCUT2D eigenvalue weighted by Crippen LogP contribution is 2.32. The van der Waals surface area contributed by atoms with Gasteiger partial charge in [0.1, 0.15) is 6.54 Å². The Morgan fingerprint density at radius 1 is 1.03 bits per heavy atom. The molecule has 1 N–H and O–H groups in total. The van der Waals surface area contributed by atoms with Gasteiger partial charge in [-0.15, -0.1) is 0 Å². The molecule has 0 fully saturated rings. The number of benzene rings is 3. The Bertz CT molecular complexity index is 1170. The third-order valence-electron chi connectivity index (χ3n) is 5.48. The molecule has 0 saturated heterocycles. The fraction of sp³-hybridized carbons (Fsp3) is 0.192. The molecule has 1 aliphatic heterocycles. The van der Waals surface area contributed by atoms with Crippen molar-refractivity contribution < 1.29 is 9.59 Å². The molecule has 0 atom stereocenters. The molecule has 5 nitrogen and oxygen atoms in total. The molecule has 32 heavy (non-hydrogen) atoms. The second kappa shape index (κ2) is 9.79. The molecule has 6 heteroatoms. The van der Waals surface area contributed by atoms with E-state index in [1.54, 1.807) is 6.07 Å². The van der Waals surface area contributed by atoms with Crippen molar-refractivity contribution in [3.63, 3.8) is 0 Å². The first-order chi connectivity index (χ1) is 15.5. The van der Waals surface area contributed by atoms with Crippen LogP contribution in [0.3, 0.4) is 0 Å². The second-order valence-corrected chi connectivity index (χ2v) is 8.03. The number of carbonyl (C=O) groups is 2. The Kier molecular flexibility index (Phi) is 6.66. The number of carbonyl (C=O) groups excluding carboxylic acids is 2. The monoisotopic (exact) mass is 445 g/mol. The lowest BCUT2D eigenvalue weighted by Gasteiger charge is -2.22. The van der Waals surface area contributed by atoms with Gasteiger partial charge < -0.3 is 10.2 Å². The molecule has 0 spiro atoms. The third-order valence-corrected chi connectivity index (χ3v) is 5.85. The molecule has 1 heterocycles. The van der Waals surface area contributed by atoms with E-state index in [1.165, 1.54) is 10.5 Å². The Hall–Kier alpha value is -3.44. The molecule has 0 unspecified atom stereocenters. The zero-order valence-corrected chi connectivity index (χ0v) is 18.6. The molecule has 0 bridgehead atoms. The number of hydrogen-bond acceptors (Lipinski definition) is 3. The van der Waals surface area contributed by atoms with Crippen molar-refractivity contribution >= 4 is 40.5 Å². The molecule has 162 valence electrons. The fourth-order valence-corrected chi connectivity index (χ4v) is 3.86. The van der Waals surface area contributed by atoms with Crippen molar-refractivity contribution in [1.82, 2.24) is 5.32 Å². The van der Waals surface area contributed by atoms with Crippen molar-refractivity contribution in [2.45, 2.75) is 26.3 Å². The predicted octanol–water partition coefficient (Wildman–Crippen LogP) is 5.08. The van der Waals surface area contributed by atoms with Crippen LogP contribution in [-0.2, 0) is 22.6 Å². The Balaban J connectivity index is 1.54. The summed E-state index contributed by atoms with van der Waals surface area (Å²) in [6.07, 6.45) is 1.07. The number of aliphatic imine (C=N–C) groups is 1. The van der Waals surface area contributed by atoms with Crippen LogP contribution in [0.1, 0.15) is 30.0 Å². The van der Waals surface area contributed by atoms with E-state index in [2.05, 4.69) is 24.4 Å². The van der Waals surface area contributed by atoms with Gasteiger partial charge in [-0.3, -0.25) is 14.6 Å². The number of rotatable bonds is 6. The maximum absolute atomic E-state index is 13.2. The van der Waals surface area contributed by atoms with Gasteiger partial charge >= 0.3 is 0 Å². The van der Waals surface area contributed by atoms with Crippen molar-refractivity contribution in [2.24, 2.45) is 4.99 Å². The Labute approximate surface area is 192 Å². The molecular weight excluding hydrogens is 422 g/mol. The summed E-state index contributed by atoms with van der Waals surface area (Å²) >= 11 is 6.17. The van der Waals surface area contributed by atoms with Crippen LogP contribution < -0.4 is 10.2 Å². The summed E-state index contributed by atoms with van der Waals surface area (Å²) < 4.78 is 0. The van der Waals surface area contributed by atoms with Crippen LogP contribution in [-0.4, -0.2) is 24.1 Å². The van der Waals surface area contributed by atoms with E-state index >= 15 is 0 Å². The molecular formula is C26H24ClN3O2. The highest BCUT2D eigenvalue weighted by atomic mass is 35.5. The van der Waals surface area contributed by atoms with Crippen LogP contribution >= 0.6 is 11.6 Å². The van der Waals surface area contributed by atoms with Crippen LogP contribution in [0, 0.1) is 0 Å². The number of amides is 2. The summed E-state index contributed by atoms with van der Waals surface area (Å²) in [6, 6.07) is 22.9. The van der Waals surface area contributed by atoms with E-state index in [4.69, 9.17) is 16.6 Å². The molecule has 0 aliphatic carbocycles. The van der Waals surface area contributed by atoms with E-state index in [-0.39, 0.29) is 24.8 Å². The van der Waals surface area contributed by atoms with Crippen LogP contribution in [0.2, 0.25) is 5.02 Å². The van der Waals surface area contributed by atoms with Gasteiger partial charge in [0.05, 0.1) is 23.5 Å². The summed E-state index contributed by atoms with van der Waals surface area (Å²) in [5, 5.41) is 3.45. The first kappa shape index (κ1) is 21.8. The molecule has 0 saturated carbocycles. The van der Waals surface area contributed by atoms with Gasteiger partial charge in [0.2, 0.25) is 11.8 Å². The molecule has 3 aromatic rings. The Morgan fingerprint density at radius 2 is 1.75 bits per heavy atom. The quantitative estimate of drug-likeness (QED) is 0.575. The maximum Gasteiger partial charge on any atom is 0.240 e. The topological polar surface area (TPSA) is 61.8 Å². The zero-order valence-electron chi connectivity index (χ0n) is 17.8. The lowest BCUT2D eigenvalue weighted by molar-refractivity contribution is -0.123. The van der Waals surface area contributed by atoms with Gasteiger partial charge in [-0.05, 0) is 41.3 Å². The van der Waals surface area contributed by atoms with Gasteiger partial charge in [0.25, 0.3) is 0 Å². The van der Waals surface area contributed by atoms with Crippen LogP contribution in [0.4, 0.5) is 11.4 Å². The van der Waals surface area contributed by atoms with E-state index in [9.17, 15) is 9.59 Å². The number of para-hydroxylation sites is 2. The van der Waals surface area contributed by atoms with E-state index in [0.717, 1.165) is 17.5 Å². The van der Waals surface area contributed by atoms with Crippen LogP contribution in [0.15, 0.2) is 77.8 Å². The summed E-state index contributed by atoms with van der Waals surface area (Å²) in [5.41, 5.74) is 4.97. The second-order valence-electron chi connectivity index (χ2n) is 7.62. The molecule has 0 aromatic heterocycles. The largest absolute Gasteiger partial charge is 0.350 e. The predicted molar refractivity (Wildman–Crippen MR) is 129 cm³/mol. The summed E-state index contributed by atoms with van der Waals surface area (Å²) in [5.74, 6) is -0.426. The average molecular weight is 446 g/mol. The van der Waals surface area contributed by atoms with E-state index < -0.39 is 0 Å². The minimum Gasteiger partial charge on any atom is -0.350 e. The van der Waals surface area contributed by atoms with Gasteiger partial charge in [-0.2, -0.15) is 0 Å². The average Bonchev–Trinajstić information content (AvgIpc) is 2.95. The number of aryl methyl sites for hydroxylation is 1. The zero-order chi connectivity index (χ0) is 22.5. The Morgan fingerprint density at radius 3 is 2.50 bits per heavy atom. The third kappa shape index (κ3) is 4.89. The van der Waals surface area contributed by atoms with Crippen molar-refractivity contribution in [3.8, 4) is 0 Å². The van der Waals surface area contributed by atoms with E-state index in [1.807, 2.05) is 54.6 Å². The van der Waals surface area contributed by atoms with Crippen LogP contribution in [0.25, 0.3) is 0 Å². The first-order valence-corrected chi connectivity index (χ1v) is 11.0. The molecule has 4 rings (SSSR count). The number of hydrogen-bond donors (Lipinski definition) is 1. The number of anilines is 1. The lowest BCUT2D eigenvalue weighted by Crippen LogP contribution is -2.41. The van der Waals surface area contributed by atoms with Crippen LogP contribution in [0.5, 0.6) is 0 Å². The maximum atomic E-state index is 13.2. The minimum atomic E-state index is -0.260. The fourth-order valence-electron chi connectivity index (χ4n) is 3.65. The standard InChI is InChI=1S/C26H24ClN3O2/c1-2-18-11-13-19(14-12-18)23-15-26(32)30(24-10-6-5-9-22(24)29-23)17-25(31)28-16-20-7-3-4-8-21(20)27/h3-14H,2,15-17H2,1H3,(H,28,31). The number of fused-ring (bicyclic) bond motifs is 1. The van der Waals surface area contributed by atoms with Crippen molar-refractivity contribution in [2.75, 3.05) is 11.4 Å². The summed E-state index contributed by atoms with van der Waals surface area (Å²) in [4.78, 5) is 32.2.